The minimum atomic E-state index is -0.861. The van der Waals surface area contributed by atoms with Crippen molar-refractivity contribution in [2.24, 2.45) is 0 Å². The first-order valence-corrected chi connectivity index (χ1v) is 12.2. The topological polar surface area (TPSA) is 94.8 Å². The SMILES string of the molecule is CCCC[C@H](NC(=O)OCc1ccccc1)C(=O)Oc1cc(C)cc2oc(=O)c3c(c12)CCCC3. The van der Waals surface area contributed by atoms with Crippen LogP contribution in [0.1, 0.15) is 61.3 Å². The van der Waals surface area contributed by atoms with Gasteiger partial charge in [0.15, 0.2) is 0 Å². The molecule has 0 saturated carbocycles. The molecule has 0 spiro atoms. The number of ether oxygens (including phenoxy) is 2. The highest BCUT2D eigenvalue weighted by atomic mass is 16.6. The quantitative estimate of drug-likeness (QED) is 0.266. The number of esters is 1. The molecule has 1 atom stereocenters. The fraction of sp³-hybridized carbons (Fsp3) is 0.393. The van der Waals surface area contributed by atoms with E-state index in [0.29, 0.717) is 35.1 Å². The van der Waals surface area contributed by atoms with Crippen molar-refractivity contribution in [2.45, 2.75) is 71.4 Å². The molecule has 2 aromatic carbocycles. The van der Waals surface area contributed by atoms with Crippen LogP contribution in [0.25, 0.3) is 11.0 Å². The number of benzene rings is 2. The maximum absolute atomic E-state index is 13.2. The van der Waals surface area contributed by atoms with Crippen molar-refractivity contribution in [1.29, 1.82) is 0 Å². The molecule has 0 radical (unpaired) electrons. The van der Waals surface area contributed by atoms with Gasteiger partial charge in [-0.3, -0.25) is 0 Å². The Morgan fingerprint density at radius 3 is 2.57 bits per heavy atom. The third-order valence-electron chi connectivity index (χ3n) is 6.28. The number of fused-ring (bicyclic) bond motifs is 3. The van der Waals surface area contributed by atoms with Gasteiger partial charge in [-0.1, -0.05) is 50.1 Å². The maximum atomic E-state index is 13.2. The van der Waals surface area contributed by atoms with E-state index in [1.165, 1.54) is 0 Å². The normalized spacial score (nSPS) is 13.7. The highest BCUT2D eigenvalue weighted by Crippen LogP contribution is 2.34. The molecule has 0 unspecified atom stereocenters. The summed E-state index contributed by atoms with van der Waals surface area (Å²) in [7, 11) is 0. The van der Waals surface area contributed by atoms with Crippen LogP contribution in [-0.2, 0) is 29.0 Å². The molecule has 1 N–H and O–H groups in total. The van der Waals surface area contributed by atoms with E-state index in [4.69, 9.17) is 13.9 Å². The number of alkyl carbamates (subject to hydrolysis) is 1. The van der Waals surface area contributed by atoms with Crippen molar-refractivity contribution in [1.82, 2.24) is 5.32 Å². The lowest BCUT2D eigenvalue weighted by Crippen LogP contribution is -2.43. The van der Waals surface area contributed by atoms with Gasteiger partial charge < -0.3 is 19.2 Å². The molecule has 1 aromatic heterocycles. The number of unbranched alkanes of at least 4 members (excludes halogenated alkanes) is 1. The van der Waals surface area contributed by atoms with Gasteiger partial charge in [-0.2, -0.15) is 0 Å². The summed E-state index contributed by atoms with van der Waals surface area (Å²) >= 11 is 0. The smallest absolute Gasteiger partial charge is 0.408 e. The number of amides is 1. The van der Waals surface area contributed by atoms with Gasteiger partial charge in [-0.15, -0.1) is 0 Å². The molecule has 0 aliphatic heterocycles. The first-order chi connectivity index (χ1) is 17.0. The van der Waals surface area contributed by atoms with Crippen molar-refractivity contribution in [2.75, 3.05) is 0 Å². The summed E-state index contributed by atoms with van der Waals surface area (Å²) in [4.78, 5) is 38.2. The lowest BCUT2D eigenvalue weighted by Gasteiger charge is -2.20. The largest absolute Gasteiger partial charge is 0.445 e. The zero-order valence-electron chi connectivity index (χ0n) is 20.2. The monoisotopic (exact) mass is 477 g/mol. The Bertz CT molecular complexity index is 1260. The average molecular weight is 478 g/mol. The van der Waals surface area contributed by atoms with Crippen molar-refractivity contribution in [3.05, 3.63) is 75.1 Å². The summed E-state index contributed by atoms with van der Waals surface area (Å²) in [5.74, 6) is -0.217. The molecular formula is C28H31NO6. The fourth-order valence-corrected chi connectivity index (χ4v) is 4.49. The average Bonchev–Trinajstić information content (AvgIpc) is 2.85. The number of nitrogens with one attached hydrogen (secondary N) is 1. The molecule has 1 amide bonds. The summed E-state index contributed by atoms with van der Waals surface area (Å²) in [5.41, 5.74) is 3.31. The second-order valence-corrected chi connectivity index (χ2v) is 9.01. The van der Waals surface area contributed by atoms with Crippen LogP contribution in [0.5, 0.6) is 5.75 Å². The third-order valence-corrected chi connectivity index (χ3v) is 6.28. The predicted molar refractivity (Wildman–Crippen MR) is 133 cm³/mol. The van der Waals surface area contributed by atoms with Gasteiger partial charge in [0.25, 0.3) is 0 Å². The zero-order valence-corrected chi connectivity index (χ0v) is 20.2. The number of rotatable bonds is 8. The minimum absolute atomic E-state index is 0.107. The molecule has 4 rings (SSSR count). The van der Waals surface area contributed by atoms with Crippen LogP contribution in [0.15, 0.2) is 51.7 Å². The highest BCUT2D eigenvalue weighted by Gasteiger charge is 2.26. The van der Waals surface area contributed by atoms with Crippen LogP contribution in [-0.4, -0.2) is 18.1 Å². The van der Waals surface area contributed by atoms with E-state index in [2.05, 4.69) is 5.32 Å². The lowest BCUT2D eigenvalue weighted by molar-refractivity contribution is -0.136. The van der Waals surface area contributed by atoms with Crippen LogP contribution in [0.2, 0.25) is 0 Å². The Balaban J connectivity index is 1.56. The second kappa shape index (κ2) is 11.2. The van der Waals surface area contributed by atoms with Crippen molar-refractivity contribution in [3.8, 4) is 5.75 Å². The van der Waals surface area contributed by atoms with Crippen LogP contribution >= 0.6 is 0 Å². The lowest BCUT2D eigenvalue weighted by atomic mass is 9.90. The molecule has 1 aliphatic carbocycles. The molecule has 7 heteroatoms. The summed E-state index contributed by atoms with van der Waals surface area (Å²) in [6.45, 7) is 3.97. The van der Waals surface area contributed by atoms with E-state index in [1.807, 2.05) is 44.2 Å². The van der Waals surface area contributed by atoms with Crippen LogP contribution in [0, 0.1) is 6.92 Å². The van der Waals surface area contributed by atoms with Crippen molar-refractivity contribution < 1.29 is 23.5 Å². The first-order valence-electron chi connectivity index (χ1n) is 12.2. The minimum Gasteiger partial charge on any atom is -0.445 e. The van der Waals surface area contributed by atoms with E-state index < -0.39 is 18.1 Å². The predicted octanol–water partition coefficient (Wildman–Crippen LogP) is 5.37. The van der Waals surface area contributed by atoms with Gasteiger partial charge in [0.2, 0.25) is 0 Å². The fourth-order valence-electron chi connectivity index (χ4n) is 4.49. The number of carbonyl (C=O) groups excluding carboxylic acids is 2. The summed E-state index contributed by atoms with van der Waals surface area (Å²) in [5, 5.41) is 3.33. The van der Waals surface area contributed by atoms with Crippen molar-refractivity contribution >= 4 is 23.0 Å². The molecule has 1 aliphatic rings. The molecule has 0 saturated heterocycles. The first kappa shape index (κ1) is 24.5. The summed E-state index contributed by atoms with van der Waals surface area (Å²) in [6.07, 6.45) is 4.61. The Kier molecular flexibility index (Phi) is 7.85. The molecule has 184 valence electrons. The Morgan fingerprint density at radius 1 is 1.09 bits per heavy atom. The van der Waals surface area contributed by atoms with Gasteiger partial charge in [0.05, 0.1) is 5.39 Å². The van der Waals surface area contributed by atoms with Gasteiger partial charge in [-0.25, -0.2) is 14.4 Å². The highest BCUT2D eigenvalue weighted by molar-refractivity contribution is 5.92. The molecule has 1 heterocycles. The molecule has 3 aromatic rings. The molecule has 0 fully saturated rings. The van der Waals surface area contributed by atoms with Gasteiger partial charge in [0, 0.05) is 5.56 Å². The number of hydrogen-bond donors (Lipinski definition) is 1. The Morgan fingerprint density at radius 2 is 1.83 bits per heavy atom. The van der Waals surface area contributed by atoms with E-state index >= 15 is 0 Å². The van der Waals surface area contributed by atoms with E-state index in [1.54, 1.807) is 12.1 Å². The molecule has 0 bridgehead atoms. The summed E-state index contributed by atoms with van der Waals surface area (Å²) in [6, 6.07) is 12.0. The zero-order chi connectivity index (χ0) is 24.8. The van der Waals surface area contributed by atoms with Crippen LogP contribution in [0.3, 0.4) is 0 Å². The molecule has 7 nitrogen and oxygen atoms in total. The number of aryl methyl sites for hydroxylation is 2. The Hall–Kier alpha value is -3.61. The summed E-state index contributed by atoms with van der Waals surface area (Å²) < 4.78 is 16.8. The van der Waals surface area contributed by atoms with Crippen LogP contribution in [0.4, 0.5) is 4.79 Å². The molecule has 35 heavy (non-hydrogen) atoms. The third kappa shape index (κ3) is 5.91. The Labute approximate surface area is 204 Å². The van der Waals surface area contributed by atoms with Gasteiger partial charge in [-0.05, 0) is 67.9 Å². The van der Waals surface area contributed by atoms with Crippen LogP contribution < -0.4 is 15.7 Å². The van der Waals surface area contributed by atoms with E-state index in [0.717, 1.165) is 48.8 Å². The van der Waals surface area contributed by atoms with E-state index in [-0.39, 0.29) is 12.2 Å². The second-order valence-electron chi connectivity index (χ2n) is 9.01. The van der Waals surface area contributed by atoms with Gasteiger partial charge >= 0.3 is 17.7 Å². The molecular weight excluding hydrogens is 446 g/mol. The van der Waals surface area contributed by atoms with Gasteiger partial charge in [0.1, 0.15) is 24.0 Å². The number of hydrogen-bond acceptors (Lipinski definition) is 6. The van der Waals surface area contributed by atoms with Crippen molar-refractivity contribution in [3.63, 3.8) is 0 Å². The maximum Gasteiger partial charge on any atom is 0.408 e. The number of carbonyl (C=O) groups is 2. The van der Waals surface area contributed by atoms with E-state index in [9.17, 15) is 14.4 Å². The standard InChI is InChI=1S/C28H31NO6/c1-3-4-14-22(29-28(32)33-17-19-10-6-5-7-11-19)27(31)35-24-16-18(2)15-23-25(24)20-12-8-9-13-21(20)26(30)34-23/h5-7,10-11,15-16,22H,3-4,8-9,12-14,17H2,1-2H3,(H,29,32)/t22-/m0/s1.